The number of carbonyl (C=O) groups excluding carboxylic acids is 1. The monoisotopic (exact) mass is 435 g/mol. The molecule has 0 unspecified atom stereocenters. The third kappa shape index (κ3) is 6.18. The molecule has 0 aliphatic carbocycles. The zero-order valence-electron chi connectivity index (χ0n) is 18.0. The molecule has 162 valence electrons. The quantitative estimate of drug-likeness (QED) is 0.445. The molecule has 0 N–H and O–H groups in total. The lowest BCUT2D eigenvalue weighted by molar-refractivity contribution is 0.0507. The predicted octanol–water partition coefficient (Wildman–Crippen LogP) is 5.50. The fraction of sp³-hybridized carbons (Fsp3) is 0.346. The molecule has 0 saturated carbocycles. The number of nitrogens with zero attached hydrogens (tertiary/aromatic N) is 1. The van der Waals surface area contributed by atoms with Crippen LogP contribution in [0.15, 0.2) is 65.4 Å². The van der Waals surface area contributed by atoms with Gasteiger partial charge in [-0.2, -0.15) is 11.3 Å². The summed E-state index contributed by atoms with van der Waals surface area (Å²) in [6, 6.07) is 18.0. The van der Waals surface area contributed by atoms with Gasteiger partial charge < -0.3 is 14.4 Å². The average Bonchev–Trinajstić information content (AvgIpc) is 3.48. The van der Waals surface area contributed by atoms with Crippen molar-refractivity contribution >= 4 is 17.2 Å². The Morgan fingerprint density at radius 1 is 1.16 bits per heavy atom. The van der Waals surface area contributed by atoms with Crippen LogP contribution in [0.3, 0.4) is 0 Å². The maximum absolute atomic E-state index is 13.3. The van der Waals surface area contributed by atoms with Crippen molar-refractivity contribution < 1.29 is 14.3 Å². The predicted molar refractivity (Wildman–Crippen MR) is 125 cm³/mol. The number of hydrogen-bond acceptors (Lipinski definition) is 4. The van der Waals surface area contributed by atoms with Crippen LogP contribution in [-0.4, -0.2) is 36.7 Å². The maximum Gasteiger partial charge on any atom is 0.254 e. The summed E-state index contributed by atoms with van der Waals surface area (Å²) in [5, 5.41) is 4.24. The van der Waals surface area contributed by atoms with Crippen molar-refractivity contribution in [3.8, 4) is 5.75 Å². The molecule has 5 heteroatoms. The van der Waals surface area contributed by atoms with E-state index in [4.69, 9.17) is 9.47 Å². The lowest BCUT2D eigenvalue weighted by atomic mass is 10.1. The van der Waals surface area contributed by atoms with E-state index in [1.165, 1.54) is 5.56 Å². The van der Waals surface area contributed by atoms with Gasteiger partial charge in [0.05, 0.1) is 12.7 Å². The molecule has 0 bridgehead atoms. The molecule has 1 saturated heterocycles. The summed E-state index contributed by atoms with van der Waals surface area (Å²) >= 11 is 1.71. The van der Waals surface area contributed by atoms with Gasteiger partial charge in [-0.3, -0.25) is 4.79 Å². The summed E-state index contributed by atoms with van der Waals surface area (Å²) in [6.07, 6.45) is 3.07. The van der Waals surface area contributed by atoms with Crippen molar-refractivity contribution in [3.63, 3.8) is 0 Å². The van der Waals surface area contributed by atoms with E-state index in [-0.39, 0.29) is 12.0 Å². The van der Waals surface area contributed by atoms with Crippen molar-refractivity contribution in [2.24, 2.45) is 0 Å². The highest BCUT2D eigenvalue weighted by atomic mass is 32.1. The number of benzene rings is 2. The number of thiophene rings is 1. The van der Waals surface area contributed by atoms with Crippen molar-refractivity contribution in [1.29, 1.82) is 0 Å². The zero-order valence-corrected chi connectivity index (χ0v) is 18.8. The molecule has 2 heterocycles. The van der Waals surface area contributed by atoms with E-state index in [0.717, 1.165) is 42.7 Å². The van der Waals surface area contributed by atoms with E-state index in [2.05, 4.69) is 22.9 Å². The number of hydrogen-bond donors (Lipinski definition) is 0. The lowest BCUT2D eigenvalue weighted by Gasteiger charge is -2.26. The Balaban J connectivity index is 1.43. The minimum atomic E-state index is 0.0410. The molecule has 31 heavy (non-hydrogen) atoms. The summed E-state index contributed by atoms with van der Waals surface area (Å²) in [4.78, 5) is 15.2. The molecule has 0 spiro atoms. The number of aryl methyl sites for hydroxylation is 1. The minimum Gasteiger partial charge on any atom is -0.493 e. The van der Waals surface area contributed by atoms with Crippen molar-refractivity contribution in [2.45, 2.75) is 38.8 Å². The Hall–Kier alpha value is -2.63. The van der Waals surface area contributed by atoms with Gasteiger partial charge in [-0.05, 0) is 72.0 Å². The molecular weight excluding hydrogens is 406 g/mol. The van der Waals surface area contributed by atoms with Crippen molar-refractivity contribution in [1.82, 2.24) is 4.90 Å². The molecule has 1 aliphatic heterocycles. The van der Waals surface area contributed by atoms with Crippen LogP contribution in [-0.2, 0) is 17.7 Å². The Bertz CT molecular complexity index is 963. The van der Waals surface area contributed by atoms with E-state index in [1.54, 1.807) is 11.3 Å². The maximum atomic E-state index is 13.3. The van der Waals surface area contributed by atoms with Crippen molar-refractivity contribution in [3.05, 3.63) is 87.6 Å². The van der Waals surface area contributed by atoms with E-state index in [9.17, 15) is 4.79 Å². The van der Waals surface area contributed by atoms with Gasteiger partial charge >= 0.3 is 0 Å². The second kappa shape index (κ2) is 10.6. The van der Waals surface area contributed by atoms with Gasteiger partial charge in [0.25, 0.3) is 5.91 Å². The molecule has 1 aliphatic rings. The van der Waals surface area contributed by atoms with Crippen LogP contribution >= 0.6 is 11.3 Å². The topological polar surface area (TPSA) is 38.8 Å². The smallest absolute Gasteiger partial charge is 0.254 e. The molecule has 0 radical (unpaired) electrons. The van der Waals surface area contributed by atoms with Gasteiger partial charge in [-0.15, -0.1) is 0 Å². The first-order chi connectivity index (χ1) is 15.2. The summed E-state index contributed by atoms with van der Waals surface area (Å²) in [6.45, 7) is 4.60. The Kier molecular flexibility index (Phi) is 7.39. The van der Waals surface area contributed by atoms with Crippen LogP contribution in [0.2, 0.25) is 0 Å². The van der Waals surface area contributed by atoms with Gasteiger partial charge in [0.1, 0.15) is 5.75 Å². The van der Waals surface area contributed by atoms with Gasteiger partial charge in [0.2, 0.25) is 0 Å². The van der Waals surface area contributed by atoms with Crippen LogP contribution < -0.4 is 4.74 Å². The Morgan fingerprint density at radius 3 is 2.77 bits per heavy atom. The molecule has 1 fully saturated rings. The van der Waals surface area contributed by atoms with Crippen LogP contribution in [0.4, 0.5) is 0 Å². The third-order valence-corrected chi connectivity index (χ3v) is 6.28. The fourth-order valence-corrected chi connectivity index (χ4v) is 4.51. The van der Waals surface area contributed by atoms with Crippen molar-refractivity contribution in [2.75, 3.05) is 19.8 Å². The molecule has 1 aromatic heterocycles. The highest BCUT2D eigenvalue weighted by Gasteiger charge is 2.23. The van der Waals surface area contributed by atoms with Gasteiger partial charge in [-0.1, -0.05) is 29.8 Å². The summed E-state index contributed by atoms with van der Waals surface area (Å²) in [5.41, 5.74) is 4.22. The second-order valence-corrected chi connectivity index (χ2v) is 8.84. The summed E-state index contributed by atoms with van der Waals surface area (Å²) < 4.78 is 11.8. The summed E-state index contributed by atoms with van der Waals surface area (Å²) in [7, 11) is 0. The van der Waals surface area contributed by atoms with E-state index >= 15 is 0 Å². The number of rotatable bonds is 9. The second-order valence-electron chi connectivity index (χ2n) is 8.06. The van der Waals surface area contributed by atoms with Crippen LogP contribution in [0, 0.1) is 6.92 Å². The molecule has 1 atom stereocenters. The standard InChI is InChI=1S/C26H29NO3S/c1-20-7-9-23(10-8-20)26(28)27(18-25-6-3-13-29-25)17-22-4-2-5-24(16-22)30-14-11-21-12-15-31-19-21/h2,4-5,7-10,12,15-16,19,25H,3,6,11,13-14,17-18H2,1H3/t25-/m1/s1. The molecule has 4 nitrogen and oxygen atoms in total. The van der Waals surface area contributed by atoms with Gasteiger partial charge in [0, 0.05) is 31.7 Å². The molecule has 4 rings (SSSR count). The zero-order chi connectivity index (χ0) is 21.5. The number of ether oxygens (including phenoxy) is 2. The Labute approximate surface area is 188 Å². The first kappa shape index (κ1) is 21.6. The molecular formula is C26H29NO3S. The van der Waals surface area contributed by atoms with E-state index in [1.807, 2.05) is 54.3 Å². The van der Waals surface area contributed by atoms with Gasteiger partial charge in [0.15, 0.2) is 0 Å². The average molecular weight is 436 g/mol. The summed E-state index contributed by atoms with van der Waals surface area (Å²) in [5.74, 6) is 0.881. The minimum absolute atomic E-state index is 0.0410. The normalized spacial score (nSPS) is 15.7. The number of amides is 1. The highest BCUT2D eigenvalue weighted by molar-refractivity contribution is 7.07. The molecule has 3 aromatic rings. The highest BCUT2D eigenvalue weighted by Crippen LogP contribution is 2.20. The largest absolute Gasteiger partial charge is 0.493 e. The first-order valence-electron chi connectivity index (χ1n) is 10.9. The fourth-order valence-electron chi connectivity index (χ4n) is 3.81. The van der Waals surface area contributed by atoms with Crippen LogP contribution in [0.25, 0.3) is 0 Å². The molecule has 1 amide bonds. The van der Waals surface area contributed by atoms with E-state index < -0.39 is 0 Å². The lowest BCUT2D eigenvalue weighted by Crippen LogP contribution is -2.37. The molecule has 2 aromatic carbocycles. The third-order valence-electron chi connectivity index (χ3n) is 5.55. The van der Waals surface area contributed by atoms with E-state index in [0.29, 0.717) is 25.3 Å². The van der Waals surface area contributed by atoms with Gasteiger partial charge in [-0.25, -0.2) is 0 Å². The first-order valence-corrected chi connectivity index (χ1v) is 11.8. The Morgan fingerprint density at radius 2 is 2.03 bits per heavy atom. The van der Waals surface area contributed by atoms with Crippen LogP contribution in [0.5, 0.6) is 5.75 Å². The van der Waals surface area contributed by atoms with Crippen LogP contribution in [0.1, 0.15) is 39.9 Å². The SMILES string of the molecule is Cc1ccc(C(=O)N(Cc2cccc(OCCc3ccsc3)c2)C[C@H]2CCCO2)cc1. The number of carbonyl (C=O) groups is 1.